The monoisotopic (exact) mass is 450 g/mol. The van der Waals surface area contributed by atoms with Crippen molar-refractivity contribution >= 4 is 39.0 Å². The van der Waals surface area contributed by atoms with Gasteiger partial charge in [-0.15, -0.1) is 10.2 Å². The molecule has 1 aliphatic rings. The summed E-state index contributed by atoms with van der Waals surface area (Å²) < 4.78 is 11.1. The maximum Gasteiger partial charge on any atom is 0.297 e. The summed E-state index contributed by atoms with van der Waals surface area (Å²) in [7, 11) is 1.48. The fourth-order valence-corrected chi connectivity index (χ4v) is 4.50. The fraction of sp³-hybridized carbons (Fsp3) is 0.143. The van der Waals surface area contributed by atoms with Crippen LogP contribution in [0.4, 0.5) is 10.8 Å². The molecule has 0 unspecified atom stereocenters. The first-order chi connectivity index (χ1) is 15.4. The van der Waals surface area contributed by atoms with Gasteiger partial charge >= 0.3 is 0 Å². The van der Waals surface area contributed by atoms with Gasteiger partial charge in [0.2, 0.25) is 10.9 Å². The average molecular weight is 450 g/mol. The first-order valence-electron chi connectivity index (χ1n) is 9.42. The predicted molar refractivity (Wildman–Crippen MR) is 115 cm³/mol. The highest BCUT2D eigenvalue weighted by molar-refractivity contribution is 7.15. The van der Waals surface area contributed by atoms with Crippen molar-refractivity contribution in [2.45, 2.75) is 13.0 Å². The van der Waals surface area contributed by atoms with E-state index in [2.05, 4.69) is 10.2 Å². The van der Waals surface area contributed by atoms with E-state index in [4.69, 9.17) is 9.15 Å². The van der Waals surface area contributed by atoms with Crippen LogP contribution in [0.25, 0.3) is 11.0 Å². The van der Waals surface area contributed by atoms with Gasteiger partial charge in [-0.2, -0.15) is 0 Å². The molecule has 0 saturated carbocycles. The maximum atomic E-state index is 13.5. The lowest BCUT2D eigenvalue weighted by molar-refractivity contribution is -0.384. The zero-order valence-corrected chi connectivity index (χ0v) is 17.6. The second-order valence-corrected chi connectivity index (χ2v) is 8.23. The molecule has 32 heavy (non-hydrogen) atoms. The smallest absolute Gasteiger partial charge is 0.297 e. The third kappa shape index (κ3) is 2.94. The van der Waals surface area contributed by atoms with Gasteiger partial charge in [0.1, 0.15) is 16.3 Å². The molecule has 11 heteroatoms. The molecular formula is C21H14N4O6S. The average Bonchev–Trinajstić information content (AvgIpc) is 3.34. The van der Waals surface area contributed by atoms with Crippen molar-refractivity contribution in [3.05, 3.63) is 84.7 Å². The molecule has 10 nitrogen and oxygen atoms in total. The van der Waals surface area contributed by atoms with Crippen molar-refractivity contribution in [1.82, 2.24) is 10.2 Å². The Hall–Kier alpha value is -4.12. The first-order valence-corrected chi connectivity index (χ1v) is 10.2. The van der Waals surface area contributed by atoms with Gasteiger partial charge in [0.25, 0.3) is 11.6 Å². The molecule has 2 aromatic heterocycles. The van der Waals surface area contributed by atoms with Crippen molar-refractivity contribution in [1.29, 1.82) is 0 Å². The number of non-ortho nitro benzene ring substituents is 1. The van der Waals surface area contributed by atoms with E-state index in [9.17, 15) is 19.7 Å². The minimum Gasteiger partial charge on any atom is -0.497 e. The van der Waals surface area contributed by atoms with Crippen molar-refractivity contribution in [2.75, 3.05) is 12.0 Å². The number of nitrogens with zero attached hydrogens (tertiary/aromatic N) is 4. The number of rotatable bonds is 4. The van der Waals surface area contributed by atoms with Gasteiger partial charge in [-0.25, -0.2) is 0 Å². The number of methoxy groups -OCH3 is 1. The van der Waals surface area contributed by atoms with E-state index < -0.39 is 22.3 Å². The van der Waals surface area contributed by atoms with Gasteiger partial charge in [-0.3, -0.25) is 24.6 Å². The van der Waals surface area contributed by atoms with E-state index in [1.807, 2.05) is 0 Å². The normalized spacial score (nSPS) is 15.2. The van der Waals surface area contributed by atoms with E-state index in [0.717, 1.165) is 0 Å². The number of carbonyl (C=O) groups excluding carboxylic acids is 1. The van der Waals surface area contributed by atoms with Crippen LogP contribution in [0.15, 0.2) is 51.7 Å². The van der Waals surface area contributed by atoms with Gasteiger partial charge in [0, 0.05) is 18.2 Å². The molecule has 0 spiro atoms. The molecule has 1 aliphatic heterocycles. The van der Waals surface area contributed by atoms with Crippen molar-refractivity contribution < 1.29 is 18.9 Å². The van der Waals surface area contributed by atoms with Gasteiger partial charge in [-0.1, -0.05) is 23.5 Å². The first kappa shape index (κ1) is 19.8. The molecule has 0 N–H and O–H groups in total. The molecule has 0 radical (unpaired) electrons. The molecule has 0 aliphatic carbocycles. The molecule has 1 atom stereocenters. The van der Waals surface area contributed by atoms with Gasteiger partial charge in [0.15, 0.2) is 5.43 Å². The highest BCUT2D eigenvalue weighted by atomic mass is 32.1. The summed E-state index contributed by atoms with van der Waals surface area (Å²) in [5.41, 5.74) is 0.124. The summed E-state index contributed by atoms with van der Waals surface area (Å²) in [6.07, 6.45) is 0. The fourth-order valence-electron chi connectivity index (χ4n) is 3.78. The van der Waals surface area contributed by atoms with Crippen LogP contribution in [0.5, 0.6) is 5.75 Å². The Morgan fingerprint density at radius 1 is 1.19 bits per heavy atom. The van der Waals surface area contributed by atoms with Crippen molar-refractivity contribution in [3.63, 3.8) is 0 Å². The number of anilines is 1. The summed E-state index contributed by atoms with van der Waals surface area (Å²) in [6, 6.07) is 9.58. The quantitative estimate of drug-likeness (QED) is 0.341. The third-order valence-electron chi connectivity index (χ3n) is 5.20. The molecule has 0 fully saturated rings. The number of nitro groups is 1. The topological polar surface area (TPSA) is 129 Å². The summed E-state index contributed by atoms with van der Waals surface area (Å²) in [5.74, 6) is -0.243. The highest BCUT2D eigenvalue weighted by Gasteiger charge is 2.45. The number of aromatic nitrogens is 2. The van der Waals surface area contributed by atoms with Gasteiger partial charge in [-0.05, 0) is 24.6 Å². The lowest BCUT2D eigenvalue weighted by Gasteiger charge is -2.21. The lowest BCUT2D eigenvalue weighted by Crippen LogP contribution is -2.29. The minimum absolute atomic E-state index is 0.0982. The van der Waals surface area contributed by atoms with Crippen LogP contribution in [0.2, 0.25) is 0 Å². The van der Waals surface area contributed by atoms with Crippen LogP contribution in [0.3, 0.4) is 0 Å². The molecule has 160 valence electrons. The van der Waals surface area contributed by atoms with Crippen LogP contribution in [-0.2, 0) is 0 Å². The van der Waals surface area contributed by atoms with Crippen LogP contribution < -0.4 is 15.1 Å². The number of fused-ring (bicyclic) bond motifs is 2. The highest BCUT2D eigenvalue weighted by Crippen LogP contribution is 2.42. The van der Waals surface area contributed by atoms with E-state index >= 15 is 0 Å². The Morgan fingerprint density at radius 3 is 2.69 bits per heavy atom. The van der Waals surface area contributed by atoms with Crippen LogP contribution >= 0.6 is 11.3 Å². The summed E-state index contributed by atoms with van der Waals surface area (Å²) in [6.45, 7) is 1.74. The Labute approximate surface area is 183 Å². The maximum absolute atomic E-state index is 13.5. The zero-order valence-electron chi connectivity index (χ0n) is 16.8. The Balaban J connectivity index is 1.81. The van der Waals surface area contributed by atoms with Gasteiger partial charge in [0.05, 0.1) is 29.0 Å². The van der Waals surface area contributed by atoms with E-state index in [1.165, 1.54) is 47.6 Å². The Morgan fingerprint density at radius 2 is 2.00 bits per heavy atom. The number of benzene rings is 2. The standard InChI is InChI=1S/C21H14N4O6S/c1-10-22-23-21(32-10)24-17(11-4-3-5-12(8-11)25(28)29)16-18(26)14-7-6-13(30-2)9-15(14)31-19(16)20(24)27/h3-9,17H,1-2H3/t17-/m1/s1. The van der Waals surface area contributed by atoms with E-state index in [-0.39, 0.29) is 33.1 Å². The molecule has 1 amide bonds. The van der Waals surface area contributed by atoms with Crippen LogP contribution in [0, 0.1) is 17.0 Å². The number of aryl methyl sites for hydroxylation is 1. The molecule has 0 bridgehead atoms. The number of hydrogen-bond acceptors (Lipinski definition) is 9. The number of amides is 1. The Kier molecular flexibility index (Phi) is 4.48. The predicted octanol–water partition coefficient (Wildman–Crippen LogP) is 3.62. The minimum atomic E-state index is -0.951. The number of carbonyl (C=O) groups is 1. The number of hydrogen-bond donors (Lipinski definition) is 0. The molecule has 2 aromatic carbocycles. The SMILES string of the molecule is COc1ccc2c(=O)c3c(oc2c1)C(=O)N(c1nnc(C)s1)[C@@H]3c1cccc([N+](=O)[O-])c1. The summed E-state index contributed by atoms with van der Waals surface area (Å²) in [4.78, 5) is 39.0. The van der Waals surface area contributed by atoms with E-state index in [0.29, 0.717) is 16.3 Å². The third-order valence-corrected chi connectivity index (χ3v) is 6.04. The Bertz CT molecular complexity index is 1480. The molecule has 0 saturated heterocycles. The molecule has 5 rings (SSSR count). The second kappa shape index (κ2) is 7.24. The van der Waals surface area contributed by atoms with Crippen LogP contribution in [-0.4, -0.2) is 28.1 Å². The zero-order chi connectivity index (χ0) is 22.6. The summed E-state index contributed by atoms with van der Waals surface area (Å²) in [5, 5.41) is 20.5. The van der Waals surface area contributed by atoms with Crippen LogP contribution in [0.1, 0.15) is 32.7 Å². The molecular weight excluding hydrogens is 436 g/mol. The molecule has 3 heterocycles. The van der Waals surface area contributed by atoms with Crippen molar-refractivity contribution in [2.24, 2.45) is 0 Å². The number of ether oxygens (including phenoxy) is 1. The second-order valence-electron chi connectivity index (χ2n) is 7.07. The lowest BCUT2D eigenvalue weighted by atomic mass is 9.98. The summed E-state index contributed by atoms with van der Waals surface area (Å²) >= 11 is 1.17. The van der Waals surface area contributed by atoms with Crippen molar-refractivity contribution in [3.8, 4) is 5.75 Å². The largest absolute Gasteiger partial charge is 0.497 e. The van der Waals surface area contributed by atoms with E-state index in [1.54, 1.807) is 25.1 Å². The molecule has 4 aromatic rings. The van der Waals surface area contributed by atoms with Gasteiger partial charge < -0.3 is 9.15 Å². The number of nitro benzene ring substituents is 1.